The van der Waals surface area contributed by atoms with Crippen molar-refractivity contribution in [1.82, 2.24) is 9.55 Å². The third-order valence-electron chi connectivity index (χ3n) is 3.72. The van der Waals surface area contributed by atoms with Crippen molar-refractivity contribution in [3.8, 4) is 0 Å². The van der Waals surface area contributed by atoms with Crippen molar-refractivity contribution < 1.29 is 24.9 Å². The predicted octanol–water partition coefficient (Wildman–Crippen LogP) is -0.119. The highest BCUT2D eigenvalue weighted by molar-refractivity contribution is 7.99. The number of aliphatic hydroxyl groups excluding tert-OH is 2. The highest BCUT2D eigenvalue weighted by Gasteiger charge is 2.27. The van der Waals surface area contributed by atoms with Crippen LogP contribution in [0, 0.1) is 0 Å². The fraction of sp³-hybridized carbons (Fsp3) is 0.643. The van der Waals surface area contributed by atoms with Crippen LogP contribution in [0.5, 0.6) is 0 Å². The van der Waals surface area contributed by atoms with Crippen LogP contribution < -0.4 is 11.0 Å². The summed E-state index contributed by atoms with van der Waals surface area (Å²) < 4.78 is 6.82. The Kier molecular flexibility index (Phi) is 6.21. The van der Waals surface area contributed by atoms with Crippen LogP contribution in [0.25, 0.3) is 0 Å². The molecule has 0 radical (unpaired) electrons. The minimum Gasteiger partial charge on any atom is -0.480 e. The van der Waals surface area contributed by atoms with Crippen LogP contribution in [0.2, 0.25) is 0 Å². The topological polar surface area (TPSA) is 134 Å². The molecule has 10 heteroatoms. The number of rotatable bonds is 7. The Morgan fingerprint density at radius 3 is 2.92 bits per heavy atom. The van der Waals surface area contributed by atoms with Crippen molar-refractivity contribution in [3.63, 3.8) is 0 Å². The van der Waals surface area contributed by atoms with Gasteiger partial charge in [-0.15, -0.1) is 11.8 Å². The van der Waals surface area contributed by atoms with Gasteiger partial charge in [0.1, 0.15) is 24.2 Å². The number of aliphatic carboxylic acids is 1. The Morgan fingerprint density at radius 1 is 1.62 bits per heavy atom. The number of nitrogens with one attached hydrogen (secondary N) is 1. The number of carboxylic acid groups (broad SMARTS) is 1. The lowest BCUT2D eigenvalue weighted by Crippen LogP contribution is -2.39. The lowest BCUT2D eigenvalue weighted by atomic mass is 10.1. The number of carbonyl (C=O) groups is 1. The summed E-state index contributed by atoms with van der Waals surface area (Å²) in [5.41, 5.74) is -0.608. The first-order valence-corrected chi connectivity index (χ1v) is 8.55. The van der Waals surface area contributed by atoms with E-state index in [9.17, 15) is 19.8 Å². The van der Waals surface area contributed by atoms with E-state index in [4.69, 9.17) is 9.84 Å². The van der Waals surface area contributed by atoms with Crippen LogP contribution in [0.15, 0.2) is 15.9 Å². The number of thioether (sulfide) groups is 1. The monoisotopic (exact) mass is 359 g/mol. The molecule has 2 heterocycles. The van der Waals surface area contributed by atoms with Crippen LogP contribution in [0.3, 0.4) is 0 Å². The molecule has 0 amide bonds. The molecule has 0 saturated carbocycles. The normalized spacial score (nSPS) is 20.6. The minimum atomic E-state index is -1.00. The molecule has 1 aliphatic heterocycles. The summed E-state index contributed by atoms with van der Waals surface area (Å²) in [5, 5.41) is 30.8. The summed E-state index contributed by atoms with van der Waals surface area (Å²) in [5.74, 6) is -0.458. The maximum Gasteiger partial charge on any atom is 0.351 e. The van der Waals surface area contributed by atoms with Gasteiger partial charge in [-0.3, -0.25) is 4.57 Å². The van der Waals surface area contributed by atoms with Crippen molar-refractivity contribution >= 4 is 23.5 Å². The number of hydrogen-bond donors (Lipinski definition) is 4. The predicted molar refractivity (Wildman–Crippen MR) is 87.2 cm³/mol. The molecule has 1 aromatic heterocycles. The number of fused-ring (bicyclic) bond motifs is 1. The van der Waals surface area contributed by atoms with Crippen LogP contribution in [0.1, 0.15) is 26.5 Å². The van der Waals surface area contributed by atoms with Gasteiger partial charge in [0.15, 0.2) is 0 Å². The SMILES string of the molecule is CCC(O)C(CO)OC(C)n1cc2c(nc1=O)NC(C(=O)O)CS2. The van der Waals surface area contributed by atoms with Crippen molar-refractivity contribution in [3.05, 3.63) is 16.7 Å². The van der Waals surface area contributed by atoms with Gasteiger partial charge in [0, 0.05) is 11.9 Å². The summed E-state index contributed by atoms with van der Waals surface area (Å²) in [6.07, 6.45) is -0.448. The molecule has 134 valence electrons. The van der Waals surface area contributed by atoms with E-state index < -0.39 is 36.1 Å². The fourth-order valence-corrected chi connectivity index (χ4v) is 3.27. The third kappa shape index (κ3) is 4.07. The Balaban J connectivity index is 2.20. The lowest BCUT2D eigenvalue weighted by molar-refractivity contribution is -0.137. The summed E-state index contributed by atoms with van der Waals surface area (Å²) in [6.45, 7) is 3.00. The van der Waals surface area contributed by atoms with Gasteiger partial charge >= 0.3 is 11.7 Å². The zero-order chi connectivity index (χ0) is 17.9. The minimum absolute atomic E-state index is 0.236. The van der Waals surface area contributed by atoms with Crippen LogP contribution in [-0.4, -0.2) is 61.4 Å². The summed E-state index contributed by atoms with van der Waals surface area (Å²) in [6, 6.07) is -0.794. The average molecular weight is 359 g/mol. The third-order valence-corrected chi connectivity index (χ3v) is 4.83. The highest BCUT2D eigenvalue weighted by Crippen LogP contribution is 2.31. The average Bonchev–Trinajstić information content (AvgIpc) is 2.57. The van der Waals surface area contributed by atoms with E-state index >= 15 is 0 Å². The first kappa shape index (κ1) is 18.7. The zero-order valence-corrected chi connectivity index (χ0v) is 14.2. The van der Waals surface area contributed by atoms with Crippen molar-refractivity contribution in [1.29, 1.82) is 0 Å². The van der Waals surface area contributed by atoms with Gasteiger partial charge in [0.2, 0.25) is 0 Å². The van der Waals surface area contributed by atoms with Gasteiger partial charge < -0.3 is 25.4 Å². The maximum absolute atomic E-state index is 12.2. The van der Waals surface area contributed by atoms with E-state index in [2.05, 4.69) is 10.3 Å². The molecule has 9 nitrogen and oxygen atoms in total. The van der Waals surface area contributed by atoms with Crippen LogP contribution in [0.4, 0.5) is 5.82 Å². The number of hydrogen-bond acceptors (Lipinski definition) is 8. The number of aromatic nitrogens is 2. The van der Waals surface area contributed by atoms with E-state index in [1.54, 1.807) is 13.8 Å². The van der Waals surface area contributed by atoms with Crippen LogP contribution in [-0.2, 0) is 9.53 Å². The summed E-state index contributed by atoms with van der Waals surface area (Å²) in [4.78, 5) is 27.7. The molecule has 0 fully saturated rings. The molecule has 1 aliphatic rings. The van der Waals surface area contributed by atoms with E-state index in [1.807, 2.05) is 0 Å². The number of nitrogens with zero attached hydrogens (tertiary/aromatic N) is 2. The van der Waals surface area contributed by atoms with Gasteiger partial charge in [0.05, 0.1) is 17.6 Å². The second-order valence-corrected chi connectivity index (χ2v) is 6.48. The van der Waals surface area contributed by atoms with Gasteiger partial charge in [-0.2, -0.15) is 4.98 Å². The Bertz CT molecular complexity index is 652. The molecule has 0 aliphatic carbocycles. The molecule has 1 aromatic rings. The molecular weight excluding hydrogens is 338 g/mol. The first-order chi connectivity index (χ1) is 11.4. The Labute approximate surface area is 142 Å². The van der Waals surface area contributed by atoms with Crippen molar-refractivity contribution in [2.75, 3.05) is 17.7 Å². The van der Waals surface area contributed by atoms with Crippen molar-refractivity contribution in [2.45, 2.75) is 49.6 Å². The van der Waals surface area contributed by atoms with Gasteiger partial charge in [-0.1, -0.05) is 6.92 Å². The Hall–Kier alpha value is -1.62. The summed E-state index contributed by atoms with van der Waals surface area (Å²) >= 11 is 1.28. The maximum atomic E-state index is 12.2. The zero-order valence-electron chi connectivity index (χ0n) is 13.4. The molecule has 0 spiro atoms. The molecule has 0 aromatic carbocycles. The lowest BCUT2D eigenvalue weighted by Gasteiger charge is -2.27. The van der Waals surface area contributed by atoms with E-state index in [0.29, 0.717) is 17.1 Å². The smallest absolute Gasteiger partial charge is 0.351 e. The largest absolute Gasteiger partial charge is 0.480 e. The van der Waals surface area contributed by atoms with E-state index in [1.165, 1.54) is 22.5 Å². The fourth-order valence-electron chi connectivity index (χ4n) is 2.27. The highest BCUT2D eigenvalue weighted by atomic mass is 32.2. The molecule has 0 bridgehead atoms. The second kappa shape index (κ2) is 7.97. The standard InChI is InChI=1S/C14H21N3O6S/c1-3-9(19)10(5-18)23-7(2)17-4-11-12(16-14(17)22)15-8(6-24-11)13(20)21/h4,7-10,18-19H,3,5-6H2,1-2H3,(H,20,21)(H,15,16,22). The van der Waals surface area contributed by atoms with E-state index in [0.717, 1.165) is 0 Å². The first-order valence-electron chi connectivity index (χ1n) is 7.57. The molecular formula is C14H21N3O6S. The van der Waals surface area contributed by atoms with Crippen LogP contribution >= 0.6 is 11.8 Å². The van der Waals surface area contributed by atoms with Crippen molar-refractivity contribution in [2.24, 2.45) is 0 Å². The number of carboxylic acids is 1. The number of aliphatic hydroxyl groups is 2. The summed E-state index contributed by atoms with van der Waals surface area (Å²) in [7, 11) is 0. The van der Waals surface area contributed by atoms with Gasteiger partial charge in [-0.25, -0.2) is 9.59 Å². The van der Waals surface area contributed by atoms with Gasteiger partial charge in [-0.05, 0) is 13.3 Å². The number of ether oxygens (including phenoxy) is 1. The molecule has 0 saturated heterocycles. The van der Waals surface area contributed by atoms with E-state index in [-0.39, 0.29) is 12.4 Å². The molecule has 24 heavy (non-hydrogen) atoms. The molecule has 4 unspecified atom stereocenters. The number of anilines is 1. The quantitative estimate of drug-likeness (QED) is 0.525. The van der Waals surface area contributed by atoms with Gasteiger partial charge in [0.25, 0.3) is 0 Å². The second-order valence-electron chi connectivity index (χ2n) is 5.42. The molecule has 4 atom stereocenters. The molecule has 4 N–H and O–H groups in total. The Morgan fingerprint density at radius 2 is 2.33 bits per heavy atom. The molecule has 2 rings (SSSR count).